The van der Waals surface area contributed by atoms with E-state index in [-0.39, 0.29) is 18.1 Å². The van der Waals surface area contributed by atoms with Gasteiger partial charge in [-0.3, -0.25) is 4.79 Å². The normalized spacial score (nSPS) is 13.6. The lowest BCUT2D eigenvalue weighted by Gasteiger charge is -2.29. The molecule has 1 aliphatic rings. The number of nitrogens with zero attached hydrogens (tertiary/aromatic N) is 3. The van der Waals surface area contributed by atoms with Crippen molar-refractivity contribution in [3.05, 3.63) is 77.9 Å². The summed E-state index contributed by atoms with van der Waals surface area (Å²) >= 11 is 0. The van der Waals surface area contributed by atoms with Crippen molar-refractivity contribution in [2.45, 2.75) is 19.3 Å². The van der Waals surface area contributed by atoms with Crippen LogP contribution >= 0.6 is 0 Å². The van der Waals surface area contributed by atoms with E-state index in [1.807, 2.05) is 42.6 Å². The van der Waals surface area contributed by atoms with E-state index in [9.17, 15) is 9.18 Å². The zero-order valence-electron chi connectivity index (χ0n) is 13.7. The highest BCUT2D eigenvalue weighted by atomic mass is 19.1. The molecule has 5 heteroatoms. The zero-order chi connectivity index (χ0) is 17.2. The maximum atomic E-state index is 14.2. The standard InChI is InChI=1S/C20H18FN3O/c21-18-10-4-6-16-7-5-11-23(20(16)18)19(25)12-15-13-22-24(14-15)17-8-2-1-3-9-17/h1-4,6,8-10,13-14H,5,7,11-12H2. The van der Waals surface area contributed by atoms with Crippen LogP contribution in [0.3, 0.4) is 0 Å². The summed E-state index contributed by atoms with van der Waals surface area (Å²) in [7, 11) is 0. The molecule has 1 amide bonds. The van der Waals surface area contributed by atoms with Crippen molar-refractivity contribution in [3.8, 4) is 5.69 Å². The minimum absolute atomic E-state index is 0.0985. The highest BCUT2D eigenvalue weighted by Gasteiger charge is 2.25. The first kappa shape index (κ1) is 15.6. The number of hydrogen-bond acceptors (Lipinski definition) is 2. The first-order chi connectivity index (χ1) is 12.2. The molecule has 2 aromatic carbocycles. The molecule has 0 N–H and O–H groups in total. The summed E-state index contributed by atoms with van der Waals surface area (Å²) in [5.74, 6) is -0.427. The zero-order valence-corrected chi connectivity index (χ0v) is 13.7. The Balaban J connectivity index is 1.55. The van der Waals surface area contributed by atoms with Crippen LogP contribution in [0.2, 0.25) is 0 Å². The van der Waals surface area contributed by atoms with Gasteiger partial charge in [0.05, 0.1) is 24.0 Å². The highest BCUT2D eigenvalue weighted by Crippen LogP contribution is 2.30. The average molecular weight is 335 g/mol. The Kier molecular flexibility index (Phi) is 4.06. The smallest absolute Gasteiger partial charge is 0.231 e. The van der Waals surface area contributed by atoms with Gasteiger partial charge in [0.2, 0.25) is 5.91 Å². The molecule has 0 fully saturated rings. The molecule has 0 unspecified atom stereocenters. The fraction of sp³-hybridized carbons (Fsp3) is 0.200. The van der Waals surface area contributed by atoms with E-state index in [2.05, 4.69) is 5.10 Å². The molecular weight excluding hydrogens is 317 g/mol. The van der Waals surface area contributed by atoms with Gasteiger partial charge in [-0.1, -0.05) is 30.3 Å². The minimum atomic E-state index is -0.328. The second-order valence-corrected chi connectivity index (χ2v) is 6.20. The van der Waals surface area contributed by atoms with Crippen LogP contribution in [0, 0.1) is 5.82 Å². The number of carbonyl (C=O) groups excluding carboxylic acids is 1. The Morgan fingerprint density at radius 3 is 2.80 bits per heavy atom. The maximum absolute atomic E-state index is 14.2. The summed E-state index contributed by atoms with van der Waals surface area (Å²) in [5, 5.41) is 4.32. The summed E-state index contributed by atoms with van der Waals surface area (Å²) in [6.45, 7) is 0.555. The molecule has 1 aliphatic heterocycles. The maximum Gasteiger partial charge on any atom is 0.231 e. The van der Waals surface area contributed by atoms with E-state index >= 15 is 0 Å². The van der Waals surface area contributed by atoms with E-state index in [1.165, 1.54) is 6.07 Å². The Morgan fingerprint density at radius 2 is 1.96 bits per heavy atom. The molecule has 3 aromatic rings. The van der Waals surface area contributed by atoms with Crippen LogP contribution in [-0.4, -0.2) is 22.2 Å². The van der Waals surface area contributed by atoms with Gasteiger partial charge in [0.15, 0.2) is 0 Å². The molecule has 0 atom stereocenters. The number of anilines is 1. The van der Waals surface area contributed by atoms with Crippen molar-refractivity contribution in [3.63, 3.8) is 0 Å². The Bertz CT molecular complexity index is 904. The summed E-state index contributed by atoms with van der Waals surface area (Å²) in [4.78, 5) is 14.3. The number of benzene rings is 2. The molecule has 25 heavy (non-hydrogen) atoms. The van der Waals surface area contributed by atoms with Gasteiger partial charge < -0.3 is 4.90 Å². The molecule has 4 rings (SSSR count). The molecule has 0 bridgehead atoms. The Labute approximate surface area is 145 Å². The van der Waals surface area contributed by atoms with Crippen LogP contribution in [0.1, 0.15) is 17.5 Å². The number of hydrogen-bond donors (Lipinski definition) is 0. The lowest BCUT2D eigenvalue weighted by molar-refractivity contribution is -0.118. The van der Waals surface area contributed by atoms with E-state index < -0.39 is 0 Å². The van der Waals surface area contributed by atoms with Gasteiger partial charge in [0.1, 0.15) is 5.82 Å². The second-order valence-electron chi connectivity index (χ2n) is 6.20. The Hall–Kier alpha value is -2.95. The van der Waals surface area contributed by atoms with E-state index in [1.54, 1.807) is 21.8 Å². The fourth-order valence-corrected chi connectivity index (χ4v) is 3.30. The van der Waals surface area contributed by atoms with Crippen molar-refractivity contribution in [2.75, 3.05) is 11.4 Å². The van der Waals surface area contributed by atoms with Crippen molar-refractivity contribution < 1.29 is 9.18 Å². The minimum Gasteiger partial charge on any atom is -0.309 e. The van der Waals surface area contributed by atoms with Crippen molar-refractivity contribution >= 4 is 11.6 Å². The molecule has 0 radical (unpaired) electrons. The van der Waals surface area contributed by atoms with E-state index in [0.717, 1.165) is 29.7 Å². The monoisotopic (exact) mass is 335 g/mol. The number of fused-ring (bicyclic) bond motifs is 1. The number of amides is 1. The molecule has 4 nitrogen and oxygen atoms in total. The van der Waals surface area contributed by atoms with Crippen LogP contribution in [0.15, 0.2) is 60.9 Å². The quantitative estimate of drug-likeness (QED) is 0.734. The number of carbonyl (C=O) groups is 1. The number of rotatable bonds is 3. The van der Waals surface area contributed by atoms with Crippen molar-refractivity contribution in [1.29, 1.82) is 0 Å². The summed E-state index contributed by atoms with van der Waals surface area (Å²) < 4.78 is 16.0. The molecular formula is C20H18FN3O. The Morgan fingerprint density at radius 1 is 1.12 bits per heavy atom. The topological polar surface area (TPSA) is 38.1 Å². The highest BCUT2D eigenvalue weighted by molar-refractivity contribution is 5.96. The van der Waals surface area contributed by atoms with Gasteiger partial charge in [-0.05, 0) is 42.2 Å². The van der Waals surface area contributed by atoms with Crippen LogP contribution in [-0.2, 0) is 17.6 Å². The third-order valence-corrected chi connectivity index (χ3v) is 4.48. The van der Waals surface area contributed by atoms with Crippen LogP contribution in [0.5, 0.6) is 0 Å². The third-order valence-electron chi connectivity index (χ3n) is 4.48. The third kappa shape index (κ3) is 3.05. The number of aryl methyl sites for hydroxylation is 1. The van der Waals surface area contributed by atoms with Gasteiger partial charge in [0, 0.05) is 12.7 Å². The predicted octanol–water partition coefficient (Wildman–Crippen LogP) is 3.53. The molecule has 0 saturated heterocycles. The molecule has 2 heterocycles. The summed E-state index contributed by atoms with van der Waals surface area (Å²) in [5.41, 5.74) is 3.10. The molecule has 0 aliphatic carbocycles. The number of halogens is 1. The van der Waals surface area contributed by atoms with E-state index in [4.69, 9.17) is 0 Å². The average Bonchev–Trinajstić information content (AvgIpc) is 3.11. The van der Waals surface area contributed by atoms with Crippen molar-refractivity contribution in [1.82, 2.24) is 9.78 Å². The molecule has 1 aromatic heterocycles. The number of aromatic nitrogens is 2. The first-order valence-corrected chi connectivity index (χ1v) is 8.39. The van der Waals surface area contributed by atoms with Crippen molar-refractivity contribution in [2.24, 2.45) is 0 Å². The lowest BCUT2D eigenvalue weighted by Crippen LogP contribution is -2.37. The van der Waals surface area contributed by atoms with Gasteiger partial charge in [-0.25, -0.2) is 9.07 Å². The predicted molar refractivity (Wildman–Crippen MR) is 94.3 cm³/mol. The van der Waals surface area contributed by atoms with E-state index in [0.29, 0.717) is 12.2 Å². The second kappa shape index (κ2) is 6.51. The molecule has 0 spiro atoms. The fourth-order valence-electron chi connectivity index (χ4n) is 3.30. The van der Waals surface area contributed by atoms with Crippen LogP contribution in [0.4, 0.5) is 10.1 Å². The van der Waals surface area contributed by atoms with Gasteiger partial charge in [-0.2, -0.15) is 5.10 Å². The van der Waals surface area contributed by atoms with Gasteiger partial charge in [-0.15, -0.1) is 0 Å². The molecule has 0 saturated carbocycles. The van der Waals surface area contributed by atoms with Crippen LogP contribution < -0.4 is 4.90 Å². The summed E-state index contributed by atoms with van der Waals surface area (Å²) in [6, 6.07) is 14.7. The first-order valence-electron chi connectivity index (χ1n) is 8.39. The van der Waals surface area contributed by atoms with Gasteiger partial charge >= 0.3 is 0 Å². The summed E-state index contributed by atoms with van der Waals surface area (Å²) in [6.07, 6.45) is 5.41. The lowest BCUT2D eigenvalue weighted by atomic mass is 10.0. The van der Waals surface area contributed by atoms with Gasteiger partial charge in [0.25, 0.3) is 0 Å². The largest absolute Gasteiger partial charge is 0.309 e. The SMILES string of the molecule is O=C(Cc1cnn(-c2ccccc2)c1)N1CCCc2cccc(F)c21. The molecule has 126 valence electrons. The van der Waals surface area contributed by atoms with Crippen LogP contribution in [0.25, 0.3) is 5.69 Å². The number of para-hydroxylation sites is 2.